The summed E-state index contributed by atoms with van der Waals surface area (Å²) in [5, 5.41) is 23.9. The smallest absolute Gasteiger partial charge is 0.269 e. The van der Waals surface area contributed by atoms with Gasteiger partial charge < -0.3 is 25.2 Å². The Labute approximate surface area is 232 Å². The Hall–Kier alpha value is -4.47. The van der Waals surface area contributed by atoms with Gasteiger partial charge in [-0.05, 0) is 35.9 Å². The van der Waals surface area contributed by atoms with Gasteiger partial charge >= 0.3 is 0 Å². The molecule has 206 valence electrons. The summed E-state index contributed by atoms with van der Waals surface area (Å²) in [6, 6.07) is 21.7. The first kappa shape index (κ1) is 27.1. The van der Waals surface area contributed by atoms with Gasteiger partial charge in [-0.25, -0.2) is 0 Å². The molecule has 0 saturated carbocycles. The third-order valence-corrected chi connectivity index (χ3v) is 7.29. The van der Waals surface area contributed by atoms with Gasteiger partial charge in [-0.3, -0.25) is 19.3 Å². The predicted octanol–water partition coefficient (Wildman–Crippen LogP) is 3.49. The Morgan fingerprint density at radius 2 is 1.88 bits per heavy atom. The van der Waals surface area contributed by atoms with Crippen LogP contribution in [0.5, 0.6) is 5.75 Å². The highest BCUT2D eigenvalue weighted by Crippen LogP contribution is 2.45. The van der Waals surface area contributed by atoms with Crippen LogP contribution >= 0.6 is 0 Å². The standard InChI is InChI=1S/C31H31N3O6/c1-21(8-7-13-28(36)33(16-17-35)19-22-9-3-2-4-10-22)31(39)24-18-23(14-15-25(24)32-30(31)38)34-26-11-5-6-12-27(26)40-20-29(34)37/h2-12,14-15,18,21,35,39H,13,16-17,19-20H2,1H3,(H,32,38)/b8-7+/t21-,31+/m0/s1. The summed E-state index contributed by atoms with van der Waals surface area (Å²) in [6.45, 7) is 1.99. The molecule has 5 rings (SSSR count). The number of aliphatic hydroxyl groups is 2. The lowest BCUT2D eigenvalue weighted by atomic mass is 9.82. The second kappa shape index (κ2) is 11.3. The molecule has 0 aliphatic carbocycles. The topological polar surface area (TPSA) is 119 Å². The van der Waals surface area contributed by atoms with Gasteiger partial charge in [0, 0.05) is 42.4 Å². The molecule has 2 aliphatic heterocycles. The fourth-order valence-electron chi connectivity index (χ4n) is 5.13. The summed E-state index contributed by atoms with van der Waals surface area (Å²) in [7, 11) is 0. The van der Waals surface area contributed by atoms with Crippen molar-refractivity contribution in [2.45, 2.75) is 25.5 Å². The number of anilines is 3. The van der Waals surface area contributed by atoms with E-state index in [4.69, 9.17) is 4.74 Å². The van der Waals surface area contributed by atoms with Gasteiger partial charge in [0.05, 0.1) is 12.3 Å². The van der Waals surface area contributed by atoms with E-state index in [1.54, 1.807) is 60.4 Å². The lowest BCUT2D eigenvalue weighted by Crippen LogP contribution is -2.40. The maximum atomic E-state index is 13.0. The molecule has 0 saturated heterocycles. The molecule has 0 radical (unpaired) electrons. The summed E-state index contributed by atoms with van der Waals surface area (Å²) in [5.41, 5.74) is 0.927. The molecule has 2 heterocycles. The predicted molar refractivity (Wildman–Crippen MR) is 150 cm³/mol. The molecule has 9 nitrogen and oxygen atoms in total. The number of para-hydroxylation sites is 2. The molecule has 0 unspecified atom stereocenters. The van der Waals surface area contributed by atoms with Crippen LogP contribution in [0, 0.1) is 5.92 Å². The largest absolute Gasteiger partial charge is 0.482 e. The average molecular weight is 542 g/mol. The number of hydrogen-bond donors (Lipinski definition) is 3. The molecule has 0 spiro atoms. The van der Waals surface area contributed by atoms with Gasteiger partial charge in [-0.15, -0.1) is 0 Å². The highest BCUT2D eigenvalue weighted by molar-refractivity contribution is 6.08. The quantitative estimate of drug-likeness (QED) is 0.357. The molecule has 0 fully saturated rings. The van der Waals surface area contributed by atoms with Gasteiger partial charge in [0.1, 0.15) is 5.75 Å². The fraction of sp³-hybridized carbons (Fsp3) is 0.258. The number of nitrogens with one attached hydrogen (secondary N) is 1. The maximum absolute atomic E-state index is 13.0. The van der Waals surface area contributed by atoms with Crippen LogP contribution in [0.4, 0.5) is 17.1 Å². The molecule has 2 atom stereocenters. The number of benzene rings is 3. The van der Waals surface area contributed by atoms with E-state index in [2.05, 4.69) is 5.32 Å². The number of rotatable bonds is 9. The normalized spacial score (nSPS) is 18.6. The first-order valence-corrected chi connectivity index (χ1v) is 13.1. The Kier molecular flexibility index (Phi) is 7.68. The minimum absolute atomic E-state index is 0.0425. The van der Waals surface area contributed by atoms with E-state index in [9.17, 15) is 24.6 Å². The number of carbonyl (C=O) groups excluding carboxylic acids is 3. The molecular weight excluding hydrogens is 510 g/mol. The Balaban J connectivity index is 1.35. The number of aliphatic hydroxyl groups excluding tert-OH is 1. The van der Waals surface area contributed by atoms with Crippen molar-refractivity contribution in [2.75, 3.05) is 30.0 Å². The lowest BCUT2D eigenvalue weighted by Gasteiger charge is -2.31. The number of fused-ring (bicyclic) bond motifs is 2. The minimum Gasteiger partial charge on any atom is -0.482 e. The molecular formula is C31H31N3O6. The first-order valence-electron chi connectivity index (χ1n) is 13.1. The number of nitrogens with zero attached hydrogens (tertiary/aromatic N) is 2. The van der Waals surface area contributed by atoms with Gasteiger partial charge in [0.2, 0.25) is 5.91 Å². The number of amides is 3. The molecule has 0 aromatic heterocycles. The van der Waals surface area contributed by atoms with E-state index < -0.39 is 17.4 Å². The molecule has 0 bridgehead atoms. The summed E-state index contributed by atoms with van der Waals surface area (Å²) in [5.74, 6) is -1.16. The van der Waals surface area contributed by atoms with E-state index in [1.165, 1.54) is 4.90 Å². The fourth-order valence-corrected chi connectivity index (χ4v) is 5.13. The van der Waals surface area contributed by atoms with E-state index in [-0.39, 0.29) is 38.0 Å². The van der Waals surface area contributed by atoms with Crippen molar-refractivity contribution < 1.29 is 29.3 Å². The molecule has 3 aromatic carbocycles. The van der Waals surface area contributed by atoms with E-state index in [0.717, 1.165) is 5.56 Å². The Morgan fingerprint density at radius 3 is 2.65 bits per heavy atom. The molecule has 9 heteroatoms. The van der Waals surface area contributed by atoms with Crippen LogP contribution in [-0.2, 0) is 26.5 Å². The van der Waals surface area contributed by atoms with Crippen LogP contribution in [0.15, 0.2) is 84.9 Å². The monoisotopic (exact) mass is 541 g/mol. The van der Waals surface area contributed by atoms with Crippen LogP contribution < -0.4 is 15.0 Å². The lowest BCUT2D eigenvalue weighted by molar-refractivity contribution is -0.137. The molecule has 3 N–H and O–H groups in total. The van der Waals surface area contributed by atoms with Crippen LogP contribution in [-0.4, -0.2) is 52.6 Å². The molecule has 40 heavy (non-hydrogen) atoms. The Morgan fingerprint density at radius 1 is 1.12 bits per heavy atom. The van der Waals surface area contributed by atoms with Crippen LogP contribution in [0.3, 0.4) is 0 Å². The number of carbonyl (C=O) groups is 3. The highest BCUT2D eigenvalue weighted by atomic mass is 16.5. The zero-order valence-corrected chi connectivity index (χ0v) is 22.1. The number of ether oxygens (including phenoxy) is 1. The van der Waals surface area contributed by atoms with E-state index in [1.807, 2.05) is 36.4 Å². The average Bonchev–Trinajstić information content (AvgIpc) is 3.23. The molecule has 3 aromatic rings. The zero-order valence-electron chi connectivity index (χ0n) is 22.1. The van der Waals surface area contributed by atoms with Gasteiger partial charge in [-0.2, -0.15) is 0 Å². The van der Waals surface area contributed by atoms with E-state index in [0.29, 0.717) is 34.9 Å². The summed E-state index contributed by atoms with van der Waals surface area (Å²) in [6.07, 6.45) is 3.33. The number of hydrogen-bond acceptors (Lipinski definition) is 6. The maximum Gasteiger partial charge on any atom is 0.269 e. The van der Waals surface area contributed by atoms with E-state index >= 15 is 0 Å². The second-order valence-electron chi connectivity index (χ2n) is 9.88. The molecule has 2 aliphatic rings. The van der Waals surface area contributed by atoms with Crippen molar-refractivity contribution in [3.8, 4) is 5.75 Å². The highest BCUT2D eigenvalue weighted by Gasteiger charge is 2.49. The van der Waals surface area contributed by atoms with Crippen molar-refractivity contribution in [2.24, 2.45) is 5.92 Å². The van der Waals surface area contributed by atoms with Gasteiger partial charge in [0.15, 0.2) is 12.2 Å². The second-order valence-corrected chi connectivity index (χ2v) is 9.88. The summed E-state index contributed by atoms with van der Waals surface area (Å²) < 4.78 is 5.54. The van der Waals surface area contributed by atoms with Crippen LogP contribution in [0.25, 0.3) is 0 Å². The SMILES string of the molecule is C[C@@H](/C=C/CC(=O)N(CCO)Cc1ccccc1)[C@]1(O)C(=O)Nc2ccc(N3C(=O)COc4ccccc43)cc21. The molecule has 3 amide bonds. The van der Waals surface area contributed by atoms with Crippen molar-refractivity contribution >= 4 is 34.8 Å². The van der Waals surface area contributed by atoms with Crippen molar-refractivity contribution in [1.82, 2.24) is 4.90 Å². The minimum atomic E-state index is -1.91. The Bertz CT molecular complexity index is 1460. The van der Waals surface area contributed by atoms with Gasteiger partial charge in [-0.1, -0.05) is 61.5 Å². The van der Waals surface area contributed by atoms with Crippen LogP contribution in [0.1, 0.15) is 24.5 Å². The summed E-state index contributed by atoms with van der Waals surface area (Å²) >= 11 is 0. The van der Waals surface area contributed by atoms with Crippen molar-refractivity contribution in [1.29, 1.82) is 0 Å². The van der Waals surface area contributed by atoms with Crippen molar-refractivity contribution in [3.63, 3.8) is 0 Å². The van der Waals surface area contributed by atoms with Gasteiger partial charge in [0.25, 0.3) is 11.8 Å². The summed E-state index contributed by atoms with van der Waals surface area (Å²) in [4.78, 5) is 41.9. The van der Waals surface area contributed by atoms with Crippen LogP contribution in [0.2, 0.25) is 0 Å². The third kappa shape index (κ3) is 5.09. The first-order chi connectivity index (χ1) is 19.3. The van der Waals surface area contributed by atoms with Crippen molar-refractivity contribution in [3.05, 3.63) is 96.1 Å². The third-order valence-electron chi connectivity index (χ3n) is 7.29. The zero-order chi connectivity index (χ0) is 28.3.